The summed E-state index contributed by atoms with van der Waals surface area (Å²) < 4.78 is 255. The Balaban J connectivity index is 0.000000265. The first kappa shape index (κ1) is 57.0. The van der Waals surface area contributed by atoms with Crippen molar-refractivity contribution in [2.75, 3.05) is 33.0 Å². The normalized spacial score (nSPS) is 11.6. The molecule has 3 nitrogen and oxygen atoms in total. The van der Waals surface area contributed by atoms with E-state index in [1.165, 1.54) is 14.7 Å². The highest BCUT2D eigenvalue weighted by Gasteiger charge is 2.51. The second-order valence-electron chi connectivity index (χ2n) is 14.8. The first-order valence-corrected chi connectivity index (χ1v) is 23.3. The summed E-state index contributed by atoms with van der Waals surface area (Å²) in [5, 5.41) is -9.69. The van der Waals surface area contributed by atoms with Crippen molar-refractivity contribution < 1.29 is 84.5 Å². The third-order valence-corrected chi connectivity index (χ3v) is 14.5. The van der Waals surface area contributed by atoms with Crippen molar-refractivity contribution >= 4 is 85.3 Å². The highest BCUT2D eigenvalue weighted by atomic mass is 35.5. The standard InChI is InChI=1S/C24BCl4F16.C24H27O3S/c26-5-1(9(30)17(38)21(42)13(5)34)25(2-6(27)14(35)22(43)18(39)10(2)31,3-7(28)15(36)23(44)19(40)11(3)32)4-8(29)16(37)24(45)20(41)12(4)33;1-2-25-17-18-26-19-20-27-23-15-9-10-16-24(23)28(21-11-5-3-6-12-21)22-13-7-4-8-14-22/h;3-16H,2,17-20H2,1H3/q-1;+1. The zero-order valence-electron chi connectivity index (χ0n) is 36.4. The molecule has 0 saturated carbocycles. The van der Waals surface area contributed by atoms with Crippen molar-refractivity contribution in [1.29, 1.82) is 0 Å². The van der Waals surface area contributed by atoms with Crippen LogP contribution < -0.4 is 26.6 Å². The van der Waals surface area contributed by atoms with Crippen LogP contribution >= 0.6 is 46.4 Å². The molecule has 0 aliphatic rings. The average molecular weight is 1140 g/mol. The fourth-order valence-electron chi connectivity index (χ4n) is 7.69. The monoisotopic (exact) mass is 1140 g/mol. The molecule has 0 fully saturated rings. The van der Waals surface area contributed by atoms with E-state index < -0.39 is 141 Å². The minimum atomic E-state index is -6.24. The van der Waals surface area contributed by atoms with E-state index in [1.54, 1.807) is 0 Å². The third-order valence-electron chi connectivity index (χ3n) is 10.8. The summed E-state index contributed by atoms with van der Waals surface area (Å²) in [5.41, 5.74) is -10.7. The van der Waals surface area contributed by atoms with Gasteiger partial charge < -0.3 is 14.2 Å². The van der Waals surface area contributed by atoms with Gasteiger partial charge in [-0.1, -0.05) is 94.9 Å². The molecule has 0 atom stereocenters. The molecule has 0 N–H and O–H groups in total. The molecule has 7 aromatic carbocycles. The van der Waals surface area contributed by atoms with Gasteiger partial charge in [-0.25, -0.2) is 70.2 Å². The minimum absolute atomic E-state index is 0.224. The fourth-order valence-corrected chi connectivity index (χ4v) is 11.2. The second kappa shape index (κ2) is 23.9. The molecule has 0 saturated heterocycles. The van der Waals surface area contributed by atoms with Crippen molar-refractivity contribution in [3.63, 3.8) is 0 Å². The van der Waals surface area contributed by atoms with Crippen LogP contribution in [-0.2, 0) is 20.4 Å². The second-order valence-corrected chi connectivity index (χ2v) is 18.3. The number of halogens is 20. The molecule has 0 amide bonds. The van der Waals surface area contributed by atoms with Gasteiger partial charge in [0, 0.05) is 26.7 Å². The zero-order chi connectivity index (χ0) is 53.8. The van der Waals surface area contributed by atoms with Gasteiger partial charge in [-0.2, -0.15) is 0 Å². The van der Waals surface area contributed by atoms with Crippen molar-refractivity contribution in [1.82, 2.24) is 0 Å². The van der Waals surface area contributed by atoms with Crippen LogP contribution in [0.25, 0.3) is 0 Å². The largest absolute Gasteiger partial charge is 0.486 e. The lowest BCUT2D eigenvalue weighted by Crippen LogP contribution is -2.79. The van der Waals surface area contributed by atoms with E-state index in [0.29, 0.717) is 33.0 Å². The summed E-state index contributed by atoms with van der Waals surface area (Å²) in [6, 6.07) is 29.5. The molecule has 0 unspecified atom stereocenters. The Labute approximate surface area is 426 Å². The van der Waals surface area contributed by atoms with E-state index in [0.717, 1.165) is 5.75 Å². The van der Waals surface area contributed by atoms with Crippen LogP contribution in [-0.4, -0.2) is 39.2 Å². The number of ether oxygens (including phenoxy) is 3. The summed E-state index contributed by atoms with van der Waals surface area (Å²) in [6.45, 7) is 4.98. The van der Waals surface area contributed by atoms with Crippen LogP contribution in [0.3, 0.4) is 0 Å². The van der Waals surface area contributed by atoms with Crippen LogP contribution in [0.15, 0.2) is 99.6 Å². The van der Waals surface area contributed by atoms with E-state index in [-0.39, 0.29) is 10.9 Å². The minimum Gasteiger partial charge on any atom is -0.486 e. The smallest absolute Gasteiger partial charge is 0.208 e. The quantitative estimate of drug-likeness (QED) is 0.0256. The van der Waals surface area contributed by atoms with Gasteiger partial charge in [0.05, 0.1) is 19.8 Å². The lowest BCUT2D eigenvalue weighted by molar-refractivity contribution is 0.0401. The van der Waals surface area contributed by atoms with Gasteiger partial charge in [-0.3, -0.25) is 0 Å². The highest BCUT2D eigenvalue weighted by molar-refractivity contribution is 7.97. The molecule has 0 bridgehead atoms. The van der Waals surface area contributed by atoms with Crippen LogP contribution in [0.4, 0.5) is 70.2 Å². The van der Waals surface area contributed by atoms with Gasteiger partial charge in [0.1, 0.15) is 46.9 Å². The Morgan fingerprint density at radius 1 is 0.356 bits per heavy atom. The summed E-state index contributed by atoms with van der Waals surface area (Å²) >= 11 is 22.3. The maximum atomic E-state index is 15.8. The fraction of sp³-hybridized carbons (Fsp3) is 0.125. The van der Waals surface area contributed by atoms with Crippen molar-refractivity contribution in [3.8, 4) is 5.75 Å². The Hall–Kier alpha value is -5.29. The van der Waals surface area contributed by atoms with E-state index in [9.17, 15) is 52.7 Å². The summed E-state index contributed by atoms with van der Waals surface area (Å²) in [6.07, 6.45) is -6.24. The lowest BCUT2D eigenvalue weighted by Gasteiger charge is -2.46. The molecular weight excluding hydrogens is 1110 g/mol. The van der Waals surface area contributed by atoms with Crippen LogP contribution in [0.1, 0.15) is 6.92 Å². The van der Waals surface area contributed by atoms with E-state index in [1.807, 2.05) is 19.1 Å². The molecule has 0 spiro atoms. The number of hydrogen-bond acceptors (Lipinski definition) is 3. The van der Waals surface area contributed by atoms with Crippen LogP contribution in [0.2, 0.25) is 20.1 Å². The van der Waals surface area contributed by atoms with Gasteiger partial charge in [0.25, 0.3) is 0 Å². The number of hydrogen-bond donors (Lipinski definition) is 0. The number of rotatable bonds is 15. The van der Waals surface area contributed by atoms with E-state index in [2.05, 4.69) is 72.8 Å². The van der Waals surface area contributed by atoms with Gasteiger partial charge >= 0.3 is 0 Å². The van der Waals surface area contributed by atoms with Crippen molar-refractivity contribution in [2.45, 2.75) is 21.6 Å². The lowest BCUT2D eigenvalue weighted by atomic mass is 9.12. The predicted octanol–water partition coefficient (Wildman–Crippen LogP) is 13.1. The molecule has 0 aliphatic heterocycles. The Morgan fingerprint density at radius 3 is 0.986 bits per heavy atom. The predicted molar refractivity (Wildman–Crippen MR) is 244 cm³/mol. The van der Waals surface area contributed by atoms with E-state index >= 15 is 17.6 Å². The molecule has 25 heteroatoms. The van der Waals surface area contributed by atoms with Gasteiger partial charge in [-0.05, 0) is 43.3 Å². The Bertz CT molecular complexity index is 2760. The molecule has 386 valence electrons. The molecule has 0 radical (unpaired) electrons. The zero-order valence-corrected chi connectivity index (χ0v) is 40.2. The SMILES string of the molecule is CCOCCOCCOc1ccccc1[S+](c1ccccc1)c1ccccc1.Fc1c(F)c(F)c([B-](c2c(F)c(F)c(F)c(F)c2Cl)(c2c(F)c(F)c(F)c(F)c2Cl)c2c(F)c(F)c(F)c(F)c2Cl)c(Cl)c1F. The Morgan fingerprint density at radius 2 is 0.644 bits per heavy atom. The summed E-state index contributed by atoms with van der Waals surface area (Å²) in [5.74, 6) is -47.4. The maximum absolute atomic E-state index is 15.8. The molecule has 7 aromatic rings. The molecule has 0 aromatic heterocycles. The maximum Gasteiger partial charge on any atom is 0.208 e. The third kappa shape index (κ3) is 10.6. The Kier molecular flexibility index (Phi) is 18.7. The molecule has 73 heavy (non-hydrogen) atoms. The van der Waals surface area contributed by atoms with E-state index in [4.69, 9.17) is 60.6 Å². The first-order chi connectivity index (χ1) is 34.6. The molecular formula is C48H27BCl4F16O3S. The first-order valence-electron chi connectivity index (χ1n) is 20.6. The molecule has 0 aliphatic carbocycles. The number of benzene rings is 7. The van der Waals surface area contributed by atoms with Crippen molar-refractivity contribution in [3.05, 3.63) is 198 Å². The molecule has 7 rings (SSSR count). The summed E-state index contributed by atoms with van der Waals surface area (Å²) in [4.78, 5) is 3.74. The summed E-state index contributed by atoms with van der Waals surface area (Å²) in [7, 11) is -0.224. The highest BCUT2D eigenvalue weighted by Crippen LogP contribution is 2.38. The van der Waals surface area contributed by atoms with Crippen molar-refractivity contribution in [2.24, 2.45) is 0 Å². The van der Waals surface area contributed by atoms with Crippen LogP contribution in [0, 0.1) is 93.1 Å². The number of para-hydroxylation sites is 1. The molecule has 0 heterocycles. The van der Waals surface area contributed by atoms with Gasteiger partial charge in [0.15, 0.2) is 85.3 Å². The average Bonchev–Trinajstić information content (AvgIpc) is 3.39. The van der Waals surface area contributed by atoms with Gasteiger partial charge in [-0.15, -0.1) is 21.9 Å². The van der Waals surface area contributed by atoms with Crippen LogP contribution in [0.5, 0.6) is 5.75 Å². The topological polar surface area (TPSA) is 27.7 Å². The van der Waals surface area contributed by atoms with Gasteiger partial charge in [0.2, 0.25) is 4.90 Å².